The number of hydrogen-bond donors (Lipinski definition) is 3. The van der Waals surface area contributed by atoms with Crippen LogP contribution in [0.2, 0.25) is 0 Å². The van der Waals surface area contributed by atoms with Crippen LogP contribution < -0.4 is 0 Å². The van der Waals surface area contributed by atoms with Crippen molar-refractivity contribution in [3.8, 4) is 0 Å². The molecule has 2 unspecified atom stereocenters. The van der Waals surface area contributed by atoms with Crippen LogP contribution in [0.4, 0.5) is 0 Å². The first kappa shape index (κ1) is 20.9. The molecule has 22 heavy (non-hydrogen) atoms. The second-order valence-corrected chi connectivity index (χ2v) is 7.43. The Bertz CT molecular complexity index is 472. The van der Waals surface area contributed by atoms with Crippen molar-refractivity contribution in [2.24, 2.45) is 5.92 Å². The Morgan fingerprint density at radius 3 is 2.00 bits per heavy atom. The predicted molar refractivity (Wildman–Crippen MR) is 81.3 cm³/mol. The largest absolute Gasteiger partial charge is 0.481 e. The molecule has 0 aromatic heterocycles. The number of unbranched alkanes of at least 4 members (excludes halogenated alkanes) is 2. The first-order chi connectivity index (χ1) is 10.1. The lowest BCUT2D eigenvalue weighted by molar-refractivity contribution is -0.147. The maximum absolute atomic E-state index is 11.6. The molecule has 8 heteroatoms. The number of carboxylic acids is 2. The highest BCUT2D eigenvalue weighted by atomic mass is 32.2. The van der Waals surface area contributed by atoms with Gasteiger partial charge in [0.1, 0.15) is 0 Å². The monoisotopic (exact) mass is 338 g/mol. The molecular weight excluding hydrogens is 312 g/mol. The highest BCUT2D eigenvalue weighted by molar-refractivity contribution is 7.88. The van der Waals surface area contributed by atoms with Crippen LogP contribution in [0, 0.1) is 5.92 Å². The van der Waals surface area contributed by atoms with E-state index in [4.69, 9.17) is 5.11 Å². The third-order valence-corrected chi connectivity index (χ3v) is 5.32. The Hall–Kier alpha value is -1.15. The minimum absolute atomic E-state index is 0.256. The maximum atomic E-state index is 11.6. The number of aliphatic carboxylic acids is 2. The zero-order valence-electron chi connectivity index (χ0n) is 13.1. The van der Waals surface area contributed by atoms with Crippen LogP contribution in [-0.2, 0) is 19.7 Å². The molecule has 7 nitrogen and oxygen atoms in total. The molecule has 0 aliphatic heterocycles. The van der Waals surface area contributed by atoms with E-state index in [1.54, 1.807) is 0 Å². The second kappa shape index (κ2) is 9.09. The third kappa shape index (κ3) is 5.92. The molecule has 0 aromatic carbocycles. The van der Waals surface area contributed by atoms with Crippen LogP contribution in [0.3, 0.4) is 0 Å². The second-order valence-electron chi connectivity index (χ2n) is 5.70. The fourth-order valence-corrected chi connectivity index (χ4v) is 3.67. The lowest BCUT2D eigenvalue weighted by Crippen LogP contribution is -2.49. The van der Waals surface area contributed by atoms with Crippen LogP contribution in [-0.4, -0.2) is 39.9 Å². The van der Waals surface area contributed by atoms with Gasteiger partial charge in [-0.05, 0) is 12.3 Å². The van der Waals surface area contributed by atoms with E-state index < -0.39 is 33.2 Å². The van der Waals surface area contributed by atoms with Crippen LogP contribution in [0.1, 0.15) is 65.2 Å². The summed E-state index contributed by atoms with van der Waals surface area (Å²) < 4.78 is 29.9. The van der Waals surface area contributed by atoms with Crippen molar-refractivity contribution in [1.82, 2.24) is 0 Å². The molecule has 0 spiro atoms. The van der Waals surface area contributed by atoms with Crippen LogP contribution in [0.25, 0.3) is 0 Å². The van der Waals surface area contributed by atoms with E-state index in [2.05, 4.69) is 0 Å². The van der Waals surface area contributed by atoms with E-state index in [1.807, 2.05) is 13.8 Å². The van der Waals surface area contributed by atoms with Crippen molar-refractivity contribution in [3.63, 3.8) is 0 Å². The first-order valence-electron chi connectivity index (χ1n) is 7.53. The van der Waals surface area contributed by atoms with Gasteiger partial charge >= 0.3 is 11.9 Å². The molecule has 0 amide bonds. The normalized spacial score (nSPS) is 16.0. The summed E-state index contributed by atoms with van der Waals surface area (Å²) >= 11 is 0. The van der Waals surface area contributed by atoms with E-state index in [9.17, 15) is 27.7 Å². The summed E-state index contributed by atoms with van der Waals surface area (Å²) in [5, 5.41) is 18.2. The predicted octanol–water partition coefficient (Wildman–Crippen LogP) is 2.56. The van der Waals surface area contributed by atoms with E-state index in [0.29, 0.717) is 12.8 Å². The Morgan fingerprint density at radius 2 is 1.64 bits per heavy atom. The standard InChI is InChI=1S/C14H26O7S/c1-3-5-6-8-11(7-4-2)9-14(13(17)18,10-12(15)16)22(19,20)21/h11H,3-10H2,1-2H3,(H,15,16)(H,17,18)(H,19,20,21). The quantitative estimate of drug-likeness (QED) is 0.368. The molecule has 3 N–H and O–H groups in total. The van der Waals surface area contributed by atoms with Gasteiger partial charge in [-0.1, -0.05) is 52.4 Å². The van der Waals surface area contributed by atoms with Crippen molar-refractivity contribution in [2.45, 2.75) is 70.0 Å². The Balaban J connectivity index is 5.46. The van der Waals surface area contributed by atoms with Crippen molar-refractivity contribution in [1.29, 1.82) is 0 Å². The lowest BCUT2D eigenvalue weighted by atomic mass is 9.85. The number of hydrogen-bond acceptors (Lipinski definition) is 4. The summed E-state index contributed by atoms with van der Waals surface area (Å²) in [4.78, 5) is 22.4. The van der Waals surface area contributed by atoms with Crippen LogP contribution >= 0.6 is 0 Å². The molecule has 0 radical (unpaired) electrons. The molecule has 0 saturated heterocycles. The number of carbonyl (C=O) groups is 2. The molecule has 0 aromatic rings. The molecule has 0 rings (SSSR count). The topological polar surface area (TPSA) is 129 Å². The average Bonchev–Trinajstić information content (AvgIpc) is 2.36. The molecule has 0 bridgehead atoms. The number of rotatable bonds is 12. The van der Waals surface area contributed by atoms with Gasteiger partial charge in [-0.3, -0.25) is 14.1 Å². The van der Waals surface area contributed by atoms with Gasteiger partial charge in [0, 0.05) is 0 Å². The smallest absolute Gasteiger partial charge is 0.328 e. The van der Waals surface area contributed by atoms with Crippen molar-refractivity contribution < 1.29 is 32.8 Å². The first-order valence-corrected chi connectivity index (χ1v) is 8.97. The van der Waals surface area contributed by atoms with E-state index >= 15 is 0 Å². The summed E-state index contributed by atoms with van der Waals surface area (Å²) in [5.74, 6) is -3.63. The highest BCUT2D eigenvalue weighted by Crippen LogP contribution is 2.34. The summed E-state index contributed by atoms with van der Waals surface area (Å²) in [6, 6.07) is 0. The molecule has 0 fully saturated rings. The molecule has 0 aliphatic carbocycles. The lowest BCUT2D eigenvalue weighted by Gasteiger charge is -2.29. The zero-order chi connectivity index (χ0) is 17.4. The van der Waals surface area contributed by atoms with Crippen molar-refractivity contribution in [3.05, 3.63) is 0 Å². The Morgan fingerprint density at radius 1 is 1.05 bits per heavy atom. The SMILES string of the molecule is CCCCCC(CCC)CC(CC(=O)O)(C(=O)O)S(=O)(=O)O. The van der Waals surface area contributed by atoms with Crippen molar-refractivity contribution in [2.75, 3.05) is 0 Å². The van der Waals surface area contributed by atoms with Gasteiger partial charge < -0.3 is 10.2 Å². The van der Waals surface area contributed by atoms with Crippen LogP contribution in [0.5, 0.6) is 0 Å². The van der Waals surface area contributed by atoms with Gasteiger partial charge in [0.2, 0.25) is 4.75 Å². The minimum atomic E-state index is -5.05. The molecule has 130 valence electrons. The van der Waals surface area contributed by atoms with Gasteiger partial charge in [0.25, 0.3) is 10.1 Å². The molecule has 0 heterocycles. The average molecular weight is 338 g/mol. The van der Waals surface area contributed by atoms with Gasteiger partial charge in [0.05, 0.1) is 6.42 Å². The molecular formula is C14H26O7S. The molecule has 2 atom stereocenters. The highest BCUT2D eigenvalue weighted by Gasteiger charge is 2.53. The molecule has 0 aliphatic rings. The summed E-state index contributed by atoms with van der Waals surface area (Å²) in [7, 11) is -5.05. The fourth-order valence-electron chi connectivity index (χ4n) is 2.69. The van der Waals surface area contributed by atoms with E-state index in [1.165, 1.54) is 0 Å². The van der Waals surface area contributed by atoms with Gasteiger partial charge in [-0.2, -0.15) is 8.42 Å². The summed E-state index contributed by atoms with van der Waals surface area (Å²) in [6.07, 6.45) is 3.13. The number of carboxylic acid groups (broad SMARTS) is 2. The summed E-state index contributed by atoms with van der Waals surface area (Å²) in [5.41, 5.74) is 0. The van der Waals surface area contributed by atoms with Gasteiger partial charge in [-0.25, -0.2) is 0 Å². The third-order valence-electron chi connectivity index (χ3n) is 3.85. The van der Waals surface area contributed by atoms with E-state index in [0.717, 1.165) is 25.7 Å². The summed E-state index contributed by atoms with van der Waals surface area (Å²) in [6.45, 7) is 3.90. The Kier molecular flexibility index (Phi) is 8.62. The molecule has 0 saturated carbocycles. The maximum Gasteiger partial charge on any atom is 0.328 e. The fraction of sp³-hybridized carbons (Fsp3) is 0.857. The van der Waals surface area contributed by atoms with Crippen LogP contribution in [0.15, 0.2) is 0 Å². The van der Waals surface area contributed by atoms with Gasteiger partial charge in [-0.15, -0.1) is 0 Å². The Labute approximate surface area is 131 Å². The van der Waals surface area contributed by atoms with E-state index in [-0.39, 0.29) is 12.3 Å². The van der Waals surface area contributed by atoms with Gasteiger partial charge in [0.15, 0.2) is 0 Å². The van der Waals surface area contributed by atoms with Crippen molar-refractivity contribution >= 4 is 22.1 Å². The minimum Gasteiger partial charge on any atom is -0.481 e. The zero-order valence-corrected chi connectivity index (χ0v) is 13.9.